The zero-order valence-electron chi connectivity index (χ0n) is 11.3. The molecule has 0 spiro atoms. The first-order valence-electron chi connectivity index (χ1n) is 6.48. The average Bonchev–Trinajstić information content (AvgIpc) is 2.49. The molecule has 2 aromatic rings. The quantitative estimate of drug-likeness (QED) is 0.559. The first-order chi connectivity index (χ1) is 10.1. The average molecular weight is 288 g/mol. The second-order valence-electron chi connectivity index (χ2n) is 4.62. The van der Waals surface area contributed by atoms with Crippen LogP contribution in [0.5, 0.6) is 5.75 Å². The Kier molecular flexibility index (Phi) is 4.86. The van der Waals surface area contributed by atoms with E-state index in [9.17, 15) is 20.3 Å². The van der Waals surface area contributed by atoms with Gasteiger partial charge in [0, 0.05) is 30.8 Å². The van der Waals surface area contributed by atoms with E-state index in [1.807, 2.05) is 6.07 Å². The molecule has 3 N–H and O–H groups in total. The number of aromatic hydroxyl groups is 1. The van der Waals surface area contributed by atoms with Gasteiger partial charge in [-0.1, -0.05) is 18.2 Å². The summed E-state index contributed by atoms with van der Waals surface area (Å²) >= 11 is 0. The van der Waals surface area contributed by atoms with Crippen molar-refractivity contribution in [1.82, 2.24) is 5.32 Å². The Morgan fingerprint density at radius 2 is 1.81 bits per heavy atom. The number of phenolic OH excluding ortho intramolecular Hbond substituents is 1. The number of nitro benzene ring substituents is 1. The summed E-state index contributed by atoms with van der Waals surface area (Å²) in [6.45, 7) is 0.711. The van der Waals surface area contributed by atoms with Crippen LogP contribution in [0.4, 0.5) is 5.69 Å². The van der Waals surface area contributed by atoms with Crippen LogP contribution in [0.3, 0.4) is 0 Å². The van der Waals surface area contributed by atoms with E-state index >= 15 is 0 Å². The van der Waals surface area contributed by atoms with Crippen molar-refractivity contribution in [2.45, 2.75) is 12.6 Å². The fourth-order valence-corrected chi connectivity index (χ4v) is 1.94. The van der Waals surface area contributed by atoms with Gasteiger partial charge in [0.1, 0.15) is 5.75 Å². The number of non-ortho nitro benzene ring substituents is 1. The first-order valence-corrected chi connectivity index (χ1v) is 6.48. The van der Waals surface area contributed by atoms with Crippen LogP contribution in [0, 0.1) is 10.1 Å². The molecule has 2 rings (SSSR count). The van der Waals surface area contributed by atoms with Crippen LogP contribution in [0.25, 0.3) is 0 Å². The lowest BCUT2D eigenvalue weighted by Crippen LogP contribution is -2.21. The van der Waals surface area contributed by atoms with Gasteiger partial charge >= 0.3 is 0 Å². The Morgan fingerprint density at radius 3 is 2.43 bits per heavy atom. The van der Waals surface area contributed by atoms with Crippen molar-refractivity contribution in [3.05, 3.63) is 69.8 Å². The number of hydrogen-bond donors (Lipinski definition) is 3. The van der Waals surface area contributed by atoms with Gasteiger partial charge in [0.25, 0.3) is 5.69 Å². The molecule has 0 fully saturated rings. The lowest BCUT2D eigenvalue weighted by molar-refractivity contribution is -0.384. The second kappa shape index (κ2) is 6.83. The fraction of sp³-hybridized carbons (Fsp3) is 0.200. The van der Waals surface area contributed by atoms with E-state index in [-0.39, 0.29) is 18.0 Å². The van der Waals surface area contributed by atoms with Crippen molar-refractivity contribution in [3.63, 3.8) is 0 Å². The Balaban J connectivity index is 1.88. The SMILES string of the molecule is O=[N+]([O-])c1ccc(C(O)CNCc2ccccc2O)cc1. The van der Waals surface area contributed by atoms with Crippen molar-refractivity contribution in [2.24, 2.45) is 0 Å². The van der Waals surface area contributed by atoms with Crippen LogP contribution >= 0.6 is 0 Å². The molecule has 0 heterocycles. The molecule has 0 aliphatic carbocycles. The standard InChI is InChI=1S/C15H16N2O4/c18-14-4-2-1-3-12(14)9-16-10-15(19)11-5-7-13(8-6-11)17(20)21/h1-8,15-16,18-19H,9-10H2. The summed E-state index contributed by atoms with van der Waals surface area (Å²) in [6.07, 6.45) is -0.767. The van der Waals surface area contributed by atoms with Crippen LogP contribution in [0.1, 0.15) is 17.2 Å². The molecule has 0 saturated carbocycles. The third-order valence-electron chi connectivity index (χ3n) is 3.13. The van der Waals surface area contributed by atoms with E-state index < -0.39 is 11.0 Å². The second-order valence-corrected chi connectivity index (χ2v) is 4.62. The van der Waals surface area contributed by atoms with E-state index in [2.05, 4.69) is 5.32 Å². The largest absolute Gasteiger partial charge is 0.508 e. The fourth-order valence-electron chi connectivity index (χ4n) is 1.94. The van der Waals surface area contributed by atoms with Crippen molar-refractivity contribution in [3.8, 4) is 5.75 Å². The molecule has 1 atom stereocenters. The molecule has 0 aliphatic heterocycles. The molecule has 0 amide bonds. The number of aliphatic hydroxyl groups is 1. The Bertz CT molecular complexity index is 613. The number of phenols is 1. The van der Waals surface area contributed by atoms with E-state index in [1.165, 1.54) is 24.3 Å². The minimum atomic E-state index is -0.767. The number of benzene rings is 2. The number of nitrogens with one attached hydrogen (secondary N) is 1. The third kappa shape index (κ3) is 4.01. The minimum Gasteiger partial charge on any atom is -0.508 e. The molecule has 1 unspecified atom stereocenters. The van der Waals surface area contributed by atoms with Gasteiger partial charge in [0.05, 0.1) is 11.0 Å². The highest BCUT2D eigenvalue weighted by atomic mass is 16.6. The van der Waals surface area contributed by atoms with Gasteiger partial charge in [0.15, 0.2) is 0 Å². The van der Waals surface area contributed by atoms with Crippen LogP contribution in [-0.4, -0.2) is 21.7 Å². The summed E-state index contributed by atoms with van der Waals surface area (Å²) in [5.41, 5.74) is 1.34. The van der Waals surface area contributed by atoms with Crippen molar-refractivity contribution in [1.29, 1.82) is 0 Å². The summed E-state index contributed by atoms with van der Waals surface area (Å²) in [4.78, 5) is 10.1. The molecule has 2 aromatic carbocycles. The molecule has 0 saturated heterocycles. The predicted octanol–water partition coefficient (Wildman–Crippen LogP) is 2.12. The number of nitrogens with zero attached hydrogens (tertiary/aromatic N) is 1. The van der Waals surface area contributed by atoms with Gasteiger partial charge in [-0.25, -0.2) is 0 Å². The highest BCUT2D eigenvalue weighted by molar-refractivity contribution is 5.34. The van der Waals surface area contributed by atoms with Gasteiger partial charge in [-0.05, 0) is 23.8 Å². The highest BCUT2D eigenvalue weighted by Gasteiger charge is 2.10. The summed E-state index contributed by atoms with van der Waals surface area (Å²) in [7, 11) is 0. The van der Waals surface area contributed by atoms with Crippen molar-refractivity contribution in [2.75, 3.05) is 6.54 Å². The summed E-state index contributed by atoms with van der Waals surface area (Å²) in [6, 6.07) is 12.7. The Morgan fingerprint density at radius 1 is 1.14 bits per heavy atom. The maximum absolute atomic E-state index is 10.5. The highest BCUT2D eigenvalue weighted by Crippen LogP contribution is 2.18. The zero-order chi connectivity index (χ0) is 15.2. The minimum absolute atomic E-state index is 0.00637. The molecule has 6 nitrogen and oxygen atoms in total. The van der Waals surface area contributed by atoms with Gasteiger partial charge in [-0.2, -0.15) is 0 Å². The van der Waals surface area contributed by atoms with E-state index in [1.54, 1.807) is 18.2 Å². The third-order valence-corrected chi connectivity index (χ3v) is 3.13. The monoisotopic (exact) mass is 288 g/mol. The van der Waals surface area contributed by atoms with Crippen LogP contribution in [0.15, 0.2) is 48.5 Å². The molecule has 0 radical (unpaired) electrons. The van der Waals surface area contributed by atoms with E-state index in [0.717, 1.165) is 5.56 Å². The molecular weight excluding hydrogens is 272 g/mol. The van der Waals surface area contributed by atoms with E-state index in [0.29, 0.717) is 12.1 Å². The Labute approximate surface area is 121 Å². The number of nitro groups is 1. The maximum atomic E-state index is 10.5. The van der Waals surface area contributed by atoms with Crippen LogP contribution in [-0.2, 0) is 6.54 Å². The number of rotatable bonds is 6. The summed E-state index contributed by atoms with van der Waals surface area (Å²) in [5.74, 6) is 0.204. The van der Waals surface area contributed by atoms with Crippen LogP contribution < -0.4 is 5.32 Å². The van der Waals surface area contributed by atoms with Crippen LogP contribution in [0.2, 0.25) is 0 Å². The van der Waals surface area contributed by atoms with Gasteiger partial charge in [-0.3, -0.25) is 10.1 Å². The number of hydrogen-bond acceptors (Lipinski definition) is 5. The van der Waals surface area contributed by atoms with Gasteiger partial charge in [0.2, 0.25) is 0 Å². The van der Waals surface area contributed by atoms with Gasteiger partial charge < -0.3 is 15.5 Å². The maximum Gasteiger partial charge on any atom is 0.269 e. The van der Waals surface area contributed by atoms with Gasteiger partial charge in [-0.15, -0.1) is 0 Å². The number of para-hydroxylation sites is 1. The molecule has 0 aliphatic rings. The molecular formula is C15H16N2O4. The summed E-state index contributed by atoms with van der Waals surface area (Å²) in [5, 5.41) is 33.2. The smallest absolute Gasteiger partial charge is 0.269 e. The summed E-state index contributed by atoms with van der Waals surface area (Å²) < 4.78 is 0. The number of aliphatic hydroxyl groups excluding tert-OH is 1. The first kappa shape index (κ1) is 15.0. The molecule has 6 heteroatoms. The predicted molar refractivity (Wildman–Crippen MR) is 77.9 cm³/mol. The lowest BCUT2D eigenvalue weighted by atomic mass is 10.1. The van der Waals surface area contributed by atoms with E-state index in [4.69, 9.17) is 0 Å². The Hall–Kier alpha value is -2.44. The molecule has 110 valence electrons. The lowest BCUT2D eigenvalue weighted by Gasteiger charge is -2.12. The van der Waals surface area contributed by atoms with Crippen molar-refractivity contribution < 1.29 is 15.1 Å². The normalized spacial score (nSPS) is 12.0. The zero-order valence-corrected chi connectivity index (χ0v) is 11.3. The molecule has 0 aromatic heterocycles. The molecule has 21 heavy (non-hydrogen) atoms. The topological polar surface area (TPSA) is 95.6 Å². The van der Waals surface area contributed by atoms with Crippen molar-refractivity contribution >= 4 is 5.69 Å². The molecule has 0 bridgehead atoms.